The Bertz CT molecular complexity index is 1160. The molecule has 0 fully saturated rings. The average Bonchev–Trinajstić information content (AvgIpc) is 3.17. The molecule has 4 heteroatoms. The van der Waals surface area contributed by atoms with Gasteiger partial charge in [-0.3, -0.25) is 0 Å². The lowest BCUT2D eigenvalue weighted by molar-refractivity contribution is 1.39. The van der Waals surface area contributed by atoms with E-state index in [1.54, 1.807) is 11.3 Å². The van der Waals surface area contributed by atoms with Crippen LogP contribution in [0.2, 0.25) is 0 Å². The minimum Gasteiger partial charge on any atom is -0.330 e. The molecule has 1 N–H and O–H groups in total. The molecule has 0 saturated carbocycles. The fourth-order valence-corrected chi connectivity index (χ4v) is 3.88. The summed E-state index contributed by atoms with van der Waals surface area (Å²) in [5.74, 6) is 0. The zero-order valence-electron chi connectivity index (χ0n) is 13.9. The Labute approximate surface area is 155 Å². The van der Waals surface area contributed by atoms with Gasteiger partial charge >= 0.3 is 0 Å². The van der Waals surface area contributed by atoms with Crippen molar-refractivity contribution in [3.63, 3.8) is 0 Å². The molecule has 3 nitrogen and oxygen atoms in total. The molecule has 3 aromatic carbocycles. The highest BCUT2D eigenvalue weighted by molar-refractivity contribution is 7.14. The number of nitrogens with zero attached hydrogens (tertiary/aromatic N) is 2. The molecule has 0 aliphatic carbocycles. The van der Waals surface area contributed by atoms with Crippen molar-refractivity contribution in [2.45, 2.75) is 0 Å². The third kappa shape index (κ3) is 2.61. The molecule has 0 atom stereocenters. The topological polar surface area (TPSA) is 37.8 Å². The van der Waals surface area contributed by atoms with Crippen LogP contribution in [-0.2, 0) is 0 Å². The third-order valence-corrected chi connectivity index (χ3v) is 5.15. The van der Waals surface area contributed by atoms with Gasteiger partial charge < -0.3 is 5.32 Å². The first-order valence-corrected chi connectivity index (χ1v) is 9.32. The van der Waals surface area contributed by atoms with E-state index in [0.29, 0.717) is 0 Å². The van der Waals surface area contributed by atoms with Crippen molar-refractivity contribution in [2.24, 2.45) is 0 Å². The highest BCUT2D eigenvalue weighted by Crippen LogP contribution is 2.34. The van der Waals surface area contributed by atoms with Crippen molar-refractivity contribution < 1.29 is 0 Å². The Morgan fingerprint density at radius 2 is 1.27 bits per heavy atom. The van der Waals surface area contributed by atoms with Crippen LogP contribution in [0.15, 0.2) is 84.2 Å². The van der Waals surface area contributed by atoms with Crippen LogP contribution in [0, 0.1) is 0 Å². The lowest BCUT2D eigenvalue weighted by Gasteiger charge is -2.11. The maximum absolute atomic E-state index is 4.78. The fraction of sp³-hybridized carbons (Fsp3) is 0. The van der Waals surface area contributed by atoms with Crippen molar-refractivity contribution >= 4 is 44.0 Å². The fourth-order valence-electron chi connectivity index (χ4n) is 3.15. The van der Waals surface area contributed by atoms with E-state index in [1.807, 2.05) is 54.6 Å². The van der Waals surface area contributed by atoms with Crippen molar-refractivity contribution in [3.05, 3.63) is 84.2 Å². The molecule has 0 saturated heterocycles. The SMILES string of the molecule is c1ccc(-c2csc(Nc3c4ccccc4nc4ccccc34)n2)cc1. The van der Waals surface area contributed by atoms with Gasteiger partial charge in [-0.2, -0.15) is 0 Å². The summed E-state index contributed by atoms with van der Waals surface area (Å²) in [6, 6.07) is 26.7. The van der Waals surface area contributed by atoms with Gasteiger partial charge in [0.05, 0.1) is 22.4 Å². The van der Waals surface area contributed by atoms with Gasteiger partial charge in [-0.05, 0) is 12.1 Å². The van der Waals surface area contributed by atoms with Gasteiger partial charge in [-0.15, -0.1) is 11.3 Å². The zero-order chi connectivity index (χ0) is 17.3. The predicted molar refractivity (Wildman–Crippen MR) is 110 cm³/mol. The van der Waals surface area contributed by atoms with E-state index in [-0.39, 0.29) is 0 Å². The van der Waals surface area contributed by atoms with E-state index in [2.05, 4.69) is 35.0 Å². The predicted octanol–water partition coefficient (Wildman–Crippen LogP) is 6.26. The van der Waals surface area contributed by atoms with Crippen LogP contribution in [0.25, 0.3) is 33.1 Å². The summed E-state index contributed by atoms with van der Waals surface area (Å²) in [5.41, 5.74) is 5.13. The van der Waals surface area contributed by atoms with Crippen LogP contribution in [0.1, 0.15) is 0 Å². The number of fused-ring (bicyclic) bond motifs is 2. The Hall–Kier alpha value is -3.24. The summed E-state index contributed by atoms with van der Waals surface area (Å²) in [7, 11) is 0. The second-order valence-electron chi connectivity index (χ2n) is 6.05. The number of anilines is 2. The molecule has 2 heterocycles. The maximum atomic E-state index is 4.78. The molecular weight excluding hydrogens is 338 g/mol. The minimum absolute atomic E-state index is 0.880. The summed E-state index contributed by atoms with van der Waals surface area (Å²) in [4.78, 5) is 9.55. The Kier molecular flexibility index (Phi) is 3.61. The number of rotatable bonds is 3. The van der Waals surface area contributed by atoms with E-state index >= 15 is 0 Å². The van der Waals surface area contributed by atoms with E-state index in [9.17, 15) is 0 Å². The number of nitrogens with one attached hydrogen (secondary N) is 1. The Balaban J connectivity index is 1.64. The first kappa shape index (κ1) is 15.0. The van der Waals surface area contributed by atoms with Gasteiger partial charge in [0.2, 0.25) is 0 Å². The number of para-hydroxylation sites is 2. The van der Waals surface area contributed by atoms with Crippen LogP contribution in [0.5, 0.6) is 0 Å². The number of pyridine rings is 1. The van der Waals surface area contributed by atoms with E-state index in [4.69, 9.17) is 9.97 Å². The van der Waals surface area contributed by atoms with Gasteiger partial charge in [0, 0.05) is 21.7 Å². The van der Waals surface area contributed by atoms with Crippen LogP contribution in [0.4, 0.5) is 10.8 Å². The number of benzene rings is 3. The lowest BCUT2D eigenvalue weighted by Crippen LogP contribution is -1.95. The van der Waals surface area contributed by atoms with E-state index in [0.717, 1.165) is 43.9 Å². The molecule has 0 aliphatic heterocycles. The number of aromatic nitrogens is 2. The van der Waals surface area contributed by atoms with Gasteiger partial charge in [0.1, 0.15) is 0 Å². The highest BCUT2D eigenvalue weighted by Gasteiger charge is 2.11. The highest BCUT2D eigenvalue weighted by atomic mass is 32.1. The smallest absolute Gasteiger partial charge is 0.187 e. The molecule has 0 spiro atoms. The van der Waals surface area contributed by atoms with Crippen LogP contribution in [-0.4, -0.2) is 9.97 Å². The average molecular weight is 353 g/mol. The Morgan fingerprint density at radius 3 is 1.96 bits per heavy atom. The van der Waals surface area contributed by atoms with E-state index < -0.39 is 0 Å². The molecular formula is C22H15N3S. The number of thiazole rings is 1. The third-order valence-electron chi connectivity index (χ3n) is 4.39. The molecule has 0 radical (unpaired) electrons. The van der Waals surface area contributed by atoms with E-state index in [1.165, 1.54) is 0 Å². The summed E-state index contributed by atoms with van der Waals surface area (Å²) in [6.07, 6.45) is 0. The molecule has 0 amide bonds. The molecule has 0 aliphatic rings. The molecule has 5 aromatic rings. The summed E-state index contributed by atoms with van der Waals surface area (Å²) >= 11 is 1.61. The molecule has 0 unspecified atom stereocenters. The lowest BCUT2D eigenvalue weighted by atomic mass is 10.1. The Morgan fingerprint density at radius 1 is 0.654 bits per heavy atom. The van der Waals surface area contributed by atoms with Gasteiger partial charge in [-0.25, -0.2) is 9.97 Å². The molecule has 124 valence electrons. The normalized spacial score (nSPS) is 11.1. The van der Waals surface area contributed by atoms with Crippen molar-refractivity contribution in [2.75, 3.05) is 5.32 Å². The largest absolute Gasteiger partial charge is 0.330 e. The monoisotopic (exact) mass is 353 g/mol. The van der Waals surface area contributed by atoms with Crippen LogP contribution < -0.4 is 5.32 Å². The quantitative estimate of drug-likeness (QED) is 0.389. The summed E-state index contributed by atoms with van der Waals surface area (Å²) < 4.78 is 0. The summed E-state index contributed by atoms with van der Waals surface area (Å²) in [5, 5.41) is 8.71. The first-order chi connectivity index (χ1) is 12.9. The molecule has 2 aromatic heterocycles. The first-order valence-electron chi connectivity index (χ1n) is 8.44. The second-order valence-corrected chi connectivity index (χ2v) is 6.91. The summed E-state index contributed by atoms with van der Waals surface area (Å²) in [6.45, 7) is 0. The molecule has 0 bridgehead atoms. The van der Waals surface area contributed by atoms with Crippen molar-refractivity contribution in [1.82, 2.24) is 9.97 Å². The number of hydrogen-bond acceptors (Lipinski definition) is 4. The molecule has 26 heavy (non-hydrogen) atoms. The minimum atomic E-state index is 0.880. The second kappa shape index (κ2) is 6.24. The molecule has 5 rings (SSSR count). The number of hydrogen-bond donors (Lipinski definition) is 1. The van der Waals surface area contributed by atoms with Gasteiger partial charge in [-0.1, -0.05) is 66.7 Å². The maximum Gasteiger partial charge on any atom is 0.187 e. The zero-order valence-corrected chi connectivity index (χ0v) is 14.7. The van der Waals surface area contributed by atoms with Gasteiger partial charge in [0.15, 0.2) is 5.13 Å². The van der Waals surface area contributed by atoms with Crippen molar-refractivity contribution in [1.29, 1.82) is 0 Å². The van der Waals surface area contributed by atoms with Crippen LogP contribution >= 0.6 is 11.3 Å². The van der Waals surface area contributed by atoms with Gasteiger partial charge in [0.25, 0.3) is 0 Å². The van der Waals surface area contributed by atoms with Crippen molar-refractivity contribution in [3.8, 4) is 11.3 Å². The van der Waals surface area contributed by atoms with Crippen LogP contribution in [0.3, 0.4) is 0 Å². The standard InChI is InChI=1S/C22H15N3S/c1-2-8-15(9-3-1)20-14-26-22(24-20)25-21-16-10-4-6-12-18(16)23-19-13-7-5-11-17(19)21/h1-14H,(H,23,24,25).